The monoisotopic (exact) mass is 204 g/mol. The van der Waals surface area contributed by atoms with E-state index < -0.39 is 23.2 Å². The smallest absolute Gasteiger partial charge is 0.356 e. The van der Waals surface area contributed by atoms with Crippen LogP contribution in [-0.2, 0) is 4.29 Å². The Hall–Kier alpha value is -1.62. The lowest BCUT2D eigenvalue weighted by Gasteiger charge is -2.02. The van der Waals surface area contributed by atoms with Crippen molar-refractivity contribution in [2.75, 3.05) is 0 Å². The molecule has 3 N–H and O–H groups in total. The first-order valence-corrected chi connectivity index (χ1v) is 3.45. The largest absolute Gasteiger partial charge is 0.504 e. The third-order valence-corrected chi connectivity index (χ3v) is 1.52. The molecule has 0 saturated heterocycles. The van der Waals surface area contributed by atoms with Gasteiger partial charge in [0.1, 0.15) is 11.9 Å². The Bertz CT molecular complexity index is 326. The summed E-state index contributed by atoms with van der Waals surface area (Å²) in [6.45, 7) is 0. The van der Waals surface area contributed by atoms with Gasteiger partial charge >= 0.3 is 5.97 Å². The maximum atomic E-state index is 10.8. The van der Waals surface area contributed by atoms with Crippen molar-refractivity contribution in [3.05, 3.63) is 17.7 Å². The predicted octanol–water partition coefficient (Wildman–Crippen LogP) is 1.11. The molecule has 0 atom stereocenters. The van der Waals surface area contributed by atoms with Crippen LogP contribution in [0.2, 0.25) is 0 Å². The van der Waals surface area contributed by atoms with Crippen LogP contribution in [0.5, 0.6) is 17.2 Å². The van der Waals surface area contributed by atoms with Gasteiger partial charge in [-0.15, -0.1) is 0 Å². The highest BCUT2D eigenvalue weighted by atomic mass is 35.5. The molecule has 1 rings (SSSR count). The van der Waals surface area contributed by atoms with E-state index in [0.717, 1.165) is 12.1 Å². The topological polar surface area (TPSA) is 87.0 Å². The Morgan fingerprint density at radius 1 is 1.23 bits per heavy atom. The molecular weight excluding hydrogens is 200 g/mol. The number of halogens is 1. The molecule has 0 radical (unpaired) electrons. The summed E-state index contributed by atoms with van der Waals surface area (Å²) in [6.07, 6.45) is 0. The summed E-state index contributed by atoms with van der Waals surface area (Å²) >= 11 is 4.76. The zero-order chi connectivity index (χ0) is 10.0. The van der Waals surface area contributed by atoms with Gasteiger partial charge in [0, 0.05) is 0 Å². The van der Waals surface area contributed by atoms with Gasteiger partial charge in [0.05, 0.1) is 5.56 Å². The Morgan fingerprint density at radius 3 is 2.08 bits per heavy atom. The molecular formula is C7H5ClO5. The molecule has 0 amide bonds. The molecule has 0 heterocycles. The van der Waals surface area contributed by atoms with Crippen LogP contribution in [-0.4, -0.2) is 21.3 Å². The molecule has 0 fully saturated rings. The number of hydrogen-bond donors (Lipinski definition) is 3. The normalized spacial score (nSPS) is 9.62. The Morgan fingerprint density at radius 2 is 1.69 bits per heavy atom. The fourth-order valence-electron chi connectivity index (χ4n) is 0.767. The van der Waals surface area contributed by atoms with Crippen molar-refractivity contribution in [3.8, 4) is 17.2 Å². The molecule has 1 aromatic carbocycles. The van der Waals surface area contributed by atoms with Gasteiger partial charge in [-0.05, 0) is 12.1 Å². The Balaban J connectivity index is 3.20. The predicted molar refractivity (Wildman–Crippen MR) is 42.7 cm³/mol. The fourth-order valence-corrected chi connectivity index (χ4v) is 0.856. The van der Waals surface area contributed by atoms with Gasteiger partial charge in [-0.2, -0.15) is 0 Å². The molecule has 70 valence electrons. The van der Waals surface area contributed by atoms with E-state index in [1.807, 2.05) is 0 Å². The lowest BCUT2D eigenvalue weighted by atomic mass is 10.2. The molecule has 0 saturated carbocycles. The van der Waals surface area contributed by atoms with E-state index >= 15 is 0 Å². The second-order valence-electron chi connectivity index (χ2n) is 2.23. The molecule has 1 aromatic rings. The van der Waals surface area contributed by atoms with Crippen LogP contribution in [0, 0.1) is 0 Å². The average Bonchev–Trinajstić information content (AvgIpc) is 2.12. The number of rotatable bonds is 1. The quantitative estimate of drug-likeness (QED) is 0.597. The van der Waals surface area contributed by atoms with Crippen molar-refractivity contribution in [1.82, 2.24) is 0 Å². The lowest BCUT2D eigenvalue weighted by Crippen LogP contribution is -1.97. The van der Waals surface area contributed by atoms with Crippen LogP contribution in [0.4, 0.5) is 0 Å². The average molecular weight is 205 g/mol. The lowest BCUT2D eigenvalue weighted by molar-refractivity contribution is 0.0750. The zero-order valence-electron chi connectivity index (χ0n) is 6.19. The summed E-state index contributed by atoms with van der Waals surface area (Å²) < 4.78 is 3.82. The van der Waals surface area contributed by atoms with E-state index in [-0.39, 0.29) is 5.56 Å². The molecule has 0 aliphatic heterocycles. The molecule has 6 heteroatoms. The van der Waals surface area contributed by atoms with Gasteiger partial charge < -0.3 is 19.6 Å². The summed E-state index contributed by atoms with van der Waals surface area (Å²) in [4.78, 5) is 10.8. The van der Waals surface area contributed by atoms with Crippen molar-refractivity contribution in [3.63, 3.8) is 0 Å². The molecule has 0 unspecified atom stereocenters. The van der Waals surface area contributed by atoms with Crippen LogP contribution in [0.15, 0.2) is 12.1 Å². The number of aromatic hydroxyl groups is 3. The molecule has 0 spiro atoms. The van der Waals surface area contributed by atoms with Gasteiger partial charge in [-0.1, -0.05) is 0 Å². The number of phenols is 3. The SMILES string of the molecule is O=C(OCl)c1cc(O)c(O)c(O)c1. The number of carbonyl (C=O) groups is 1. The van der Waals surface area contributed by atoms with E-state index in [1.54, 1.807) is 0 Å². The summed E-state index contributed by atoms with van der Waals surface area (Å²) in [5.41, 5.74) is -0.164. The Labute approximate surface area is 77.9 Å². The highest BCUT2D eigenvalue weighted by Gasteiger charge is 2.13. The molecule has 5 nitrogen and oxygen atoms in total. The standard InChI is InChI=1S/C7H5ClO5/c8-13-7(12)3-1-4(9)6(11)5(10)2-3/h1-2,9-11H. The van der Waals surface area contributed by atoms with E-state index in [2.05, 4.69) is 4.29 Å². The highest BCUT2D eigenvalue weighted by Crippen LogP contribution is 2.35. The van der Waals surface area contributed by atoms with Crippen molar-refractivity contribution >= 4 is 17.8 Å². The van der Waals surface area contributed by atoms with Crippen LogP contribution in [0.3, 0.4) is 0 Å². The summed E-state index contributed by atoms with van der Waals surface area (Å²) in [5, 5.41) is 26.8. The van der Waals surface area contributed by atoms with E-state index in [4.69, 9.17) is 27.2 Å². The van der Waals surface area contributed by atoms with Crippen molar-refractivity contribution in [2.45, 2.75) is 0 Å². The highest BCUT2D eigenvalue weighted by molar-refractivity contribution is 6.15. The van der Waals surface area contributed by atoms with Gasteiger partial charge in [-0.3, -0.25) is 0 Å². The minimum atomic E-state index is -0.938. The number of hydrogen-bond acceptors (Lipinski definition) is 5. The Kier molecular flexibility index (Phi) is 2.48. The van der Waals surface area contributed by atoms with Crippen molar-refractivity contribution < 1.29 is 24.4 Å². The maximum Gasteiger partial charge on any atom is 0.356 e. The summed E-state index contributed by atoms with van der Waals surface area (Å²) in [6, 6.07) is 1.83. The third kappa shape index (κ3) is 1.75. The first-order chi connectivity index (χ1) is 6.06. The molecule has 0 bridgehead atoms. The number of carbonyl (C=O) groups excluding carboxylic acids is 1. The maximum absolute atomic E-state index is 10.8. The van der Waals surface area contributed by atoms with Crippen LogP contribution < -0.4 is 0 Å². The first kappa shape index (κ1) is 9.47. The molecule has 0 aliphatic rings. The fraction of sp³-hybridized carbons (Fsp3) is 0. The van der Waals surface area contributed by atoms with Gasteiger partial charge in [0.25, 0.3) is 0 Å². The van der Waals surface area contributed by atoms with Crippen molar-refractivity contribution in [1.29, 1.82) is 0 Å². The molecule has 0 aliphatic carbocycles. The number of benzene rings is 1. The van der Waals surface area contributed by atoms with Gasteiger partial charge in [0.15, 0.2) is 17.2 Å². The van der Waals surface area contributed by atoms with Crippen LogP contribution in [0.1, 0.15) is 10.4 Å². The minimum Gasteiger partial charge on any atom is -0.504 e. The summed E-state index contributed by atoms with van der Waals surface area (Å²) in [7, 11) is 0. The molecule has 0 aromatic heterocycles. The van der Waals surface area contributed by atoms with Crippen molar-refractivity contribution in [2.24, 2.45) is 0 Å². The third-order valence-electron chi connectivity index (χ3n) is 1.38. The molecule has 13 heavy (non-hydrogen) atoms. The van der Waals surface area contributed by atoms with E-state index in [1.165, 1.54) is 0 Å². The second-order valence-corrected chi connectivity index (χ2v) is 2.38. The van der Waals surface area contributed by atoms with Gasteiger partial charge in [0.2, 0.25) is 0 Å². The minimum absolute atomic E-state index is 0.164. The first-order valence-electron chi connectivity index (χ1n) is 3.14. The van der Waals surface area contributed by atoms with Crippen LogP contribution >= 0.6 is 11.9 Å². The van der Waals surface area contributed by atoms with Gasteiger partial charge in [-0.25, -0.2) is 4.79 Å². The summed E-state index contributed by atoms with van der Waals surface area (Å²) in [5.74, 6) is -2.90. The van der Waals surface area contributed by atoms with E-state index in [0.29, 0.717) is 0 Å². The zero-order valence-corrected chi connectivity index (χ0v) is 6.95. The van der Waals surface area contributed by atoms with Crippen LogP contribution in [0.25, 0.3) is 0 Å². The number of phenolic OH excluding ortho intramolecular Hbond substituents is 3. The second kappa shape index (κ2) is 3.40. The van der Waals surface area contributed by atoms with E-state index in [9.17, 15) is 4.79 Å².